The van der Waals surface area contributed by atoms with Crippen LogP contribution in [0, 0.1) is 0 Å². The molecule has 0 unspecified atom stereocenters. The number of alkyl halides is 3. The lowest BCUT2D eigenvalue weighted by molar-refractivity contribution is -0.136. The fourth-order valence-corrected chi connectivity index (χ4v) is 1.51. The van der Waals surface area contributed by atoms with Gasteiger partial charge in [-0.1, -0.05) is 0 Å². The van der Waals surface area contributed by atoms with Crippen molar-refractivity contribution in [2.45, 2.75) is 19.1 Å². The van der Waals surface area contributed by atoms with Gasteiger partial charge in [0, 0.05) is 12.2 Å². The van der Waals surface area contributed by atoms with Crippen molar-refractivity contribution in [3.05, 3.63) is 24.5 Å². The van der Waals surface area contributed by atoms with Gasteiger partial charge in [-0.3, -0.25) is 0 Å². The minimum Gasteiger partial charge on any atom is -0.399 e. The quantitative estimate of drug-likeness (QED) is 0.804. The molecule has 0 amide bonds. The Morgan fingerprint density at radius 2 is 2.06 bits per heavy atom. The van der Waals surface area contributed by atoms with Crippen LogP contribution in [-0.4, -0.2) is 15.7 Å². The molecule has 6 heteroatoms. The molecule has 0 atom stereocenters. The highest BCUT2D eigenvalue weighted by Crippen LogP contribution is 2.22. The van der Waals surface area contributed by atoms with Crippen molar-refractivity contribution < 1.29 is 13.2 Å². The molecule has 3 nitrogen and oxygen atoms in total. The minimum absolute atomic E-state index is 0.121. The normalized spacial score (nSPS) is 12.2. The summed E-state index contributed by atoms with van der Waals surface area (Å²) in [5.74, 6) is 0. The van der Waals surface area contributed by atoms with Crippen molar-refractivity contribution in [3.63, 3.8) is 0 Å². The highest BCUT2D eigenvalue weighted by atomic mass is 19.4. The SMILES string of the molecule is Nc1ccc2c(c1)ncn2CCC(F)(F)F. The first kappa shape index (κ1) is 10.8. The lowest BCUT2D eigenvalue weighted by Gasteiger charge is -2.07. The van der Waals surface area contributed by atoms with Crippen LogP contribution in [0.1, 0.15) is 6.42 Å². The van der Waals surface area contributed by atoms with Crippen LogP contribution in [0.4, 0.5) is 18.9 Å². The Hall–Kier alpha value is -1.72. The summed E-state index contributed by atoms with van der Waals surface area (Å²) in [6.07, 6.45) is -3.61. The Morgan fingerprint density at radius 3 is 2.75 bits per heavy atom. The summed E-state index contributed by atoms with van der Waals surface area (Å²) in [6.45, 7) is -0.121. The number of imidazole rings is 1. The molecular weight excluding hydrogens is 219 g/mol. The molecule has 0 radical (unpaired) electrons. The van der Waals surface area contributed by atoms with Crippen LogP contribution in [0.2, 0.25) is 0 Å². The number of rotatable bonds is 2. The Morgan fingerprint density at radius 1 is 1.31 bits per heavy atom. The third-order valence-corrected chi connectivity index (χ3v) is 2.28. The van der Waals surface area contributed by atoms with E-state index in [9.17, 15) is 13.2 Å². The Kier molecular flexibility index (Phi) is 2.49. The molecule has 0 bridgehead atoms. The summed E-state index contributed by atoms with van der Waals surface area (Å²) >= 11 is 0. The molecule has 0 aliphatic carbocycles. The number of hydrogen-bond acceptors (Lipinski definition) is 2. The number of nitrogen functional groups attached to an aromatic ring is 1. The van der Waals surface area contributed by atoms with Crippen LogP contribution in [0.15, 0.2) is 24.5 Å². The third kappa shape index (κ3) is 2.26. The molecule has 2 aromatic rings. The Bertz CT molecular complexity index is 501. The summed E-state index contributed by atoms with van der Waals surface area (Å²) in [5.41, 5.74) is 7.38. The van der Waals surface area contributed by atoms with Crippen LogP contribution in [-0.2, 0) is 6.54 Å². The van der Waals surface area contributed by atoms with Crippen molar-refractivity contribution in [3.8, 4) is 0 Å². The van der Waals surface area contributed by atoms with Crippen LogP contribution in [0.3, 0.4) is 0 Å². The summed E-state index contributed by atoms with van der Waals surface area (Å²) in [4.78, 5) is 4.00. The van der Waals surface area contributed by atoms with E-state index in [1.54, 1.807) is 18.2 Å². The van der Waals surface area contributed by atoms with E-state index in [0.717, 1.165) is 0 Å². The molecule has 0 aliphatic rings. The van der Waals surface area contributed by atoms with Gasteiger partial charge in [-0.25, -0.2) is 4.98 Å². The largest absolute Gasteiger partial charge is 0.399 e. The zero-order valence-electron chi connectivity index (χ0n) is 8.33. The van der Waals surface area contributed by atoms with Gasteiger partial charge >= 0.3 is 6.18 Å². The van der Waals surface area contributed by atoms with Gasteiger partial charge in [-0.05, 0) is 18.2 Å². The second-order valence-corrected chi connectivity index (χ2v) is 3.55. The van der Waals surface area contributed by atoms with Crippen LogP contribution in [0.25, 0.3) is 11.0 Å². The number of aryl methyl sites for hydroxylation is 1. The maximum Gasteiger partial charge on any atom is 0.390 e. The van der Waals surface area contributed by atoms with Gasteiger partial charge in [0.2, 0.25) is 0 Å². The molecule has 2 rings (SSSR count). The number of nitrogens with zero attached hydrogens (tertiary/aromatic N) is 2. The first-order valence-electron chi connectivity index (χ1n) is 4.73. The Balaban J connectivity index is 2.25. The van der Waals surface area contributed by atoms with E-state index >= 15 is 0 Å². The standard InChI is InChI=1S/C10H10F3N3/c11-10(12,13)3-4-16-6-15-8-5-7(14)1-2-9(8)16/h1-2,5-6H,3-4,14H2. The monoisotopic (exact) mass is 229 g/mol. The number of hydrogen-bond donors (Lipinski definition) is 1. The molecule has 16 heavy (non-hydrogen) atoms. The summed E-state index contributed by atoms with van der Waals surface area (Å²) < 4.78 is 37.6. The second kappa shape index (κ2) is 3.70. The molecule has 2 N–H and O–H groups in total. The molecule has 0 saturated heterocycles. The molecule has 1 aromatic carbocycles. The fraction of sp³-hybridized carbons (Fsp3) is 0.300. The number of aromatic nitrogens is 2. The van der Waals surface area contributed by atoms with Crippen molar-refractivity contribution in [1.29, 1.82) is 0 Å². The smallest absolute Gasteiger partial charge is 0.390 e. The fourth-order valence-electron chi connectivity index (χ4n) is 1.51. The summed E-state index contributed by atoms with van der Waals surface area (Å²) in [6, 6.07) is 4.96. The topological polar surface area (TPSA) is 43.8 Å². The average Bonchev–Trinajstić information content (AvgIpc) is 2.56. The zero-order valence-corrected chi connectivity index (χ0v) is 8.33. The molecule has 1 heterocycles. The minimum atomic E-state index is -4.15. The van der Waals surface area contributed by atoms with Crippen molar-refractivity contribution in [1.82, 2.24) is 9.55 Å². The van der Waals surface area contributed by atoms with Crippen molar-refractivity contribution in [2.24, 2.45) is 0 Å². The van der Waals surface area contributed by atoms with Gasteiger partial charge in [0.15, 0.2) is 0 Å². The number of benzene rings is 1. The second-order valence-electron chi connectivity index (χ2n) is 3.55. The van der Waals surface area contributed by atoms with Crippen LogP contribution < -0.4 is 5.73 Å². The van der Waals surface area contributed by atoms with Gasteiger partial charge in [0.25, 0.3) is 0 Å². The number of fused-ring (bicyclic) bond motifs is 1. The van der Waals surface area contributed by atoms with Crippen LogP contribution >= 0.6 is 0 Å². The van der Waals surface area contributed by atoms with E-state index in [1.807, 2.05) is 0 Å². The van der Waals surface area contributed by atoms with E-state index in [-0.39, 0.29) is 6.54 Å². The van der Waals surface area contributed by atoms with Gasteiger partial charge in [0.05, 0.1) is 23.8 Å². The predicted octanol–water partition coefficient (Wildman–Crippen LogP) is 2.57. The van der Waals surface area contributed by atoms with E-state index in [1.165, 1.54) is 10.9 Å². The first-order valence-corrected chi connectivity index (χ1v) is 4.73. The van der Waals surface area contributed by atoms with Gasteiger partial charge in [0.1, 0.15) is 0 Å². The number of anilines is 1. The van der Waals surface area contributed by atoms with E-state index < -0.39 is 12.6 Å². The third-order valence-electron chi connectivity index (χ3n) is 2.28. The maximum atomic E-state index is 12.1. The van der Waals surface area contributed by atoms with E-state index in [0.29, 0.717) is 16.7 Å². The Labute approximate surface area is 89.7 Å². The molecule has 0 aliphatic heterocycles. The lowest BCUT2D eigenvalue weighted by atomic mass is 10.3. The van der Waals surface area contributed by atoms with Crippen molar-refractivity contribution >= 4 is 16.7 Å². The molecule has 1 aromatic heterocycles. The maximum absolute atomic E-state index is 12.1. The average molecular weight is 229 g/mol. The van der Waals surface area contributed by atoms with Gasteiger partial charge in [-0.15, -0.1) is 0 Å². The van der Waals surface area contributed by atoms with E-state index in [2.05, 4.69) is 4.98 Å². The molecule has 86 valence electrons. The lowest BCUT2D eigenvalue weighted by Crippen LogP contribution is -2.11. The first-order chi connectivity index (χ1) is 7.46. The van der Waals surface area contributed by atoms with Crippen LogP contribution in [0.5, 0.6) is 0 Å². The predicted molar refractivity (Wildman–Crippen MR) is 54.8 cm³/mol. The van der Waals surface area contributed by atoms with Gasteiger partial charge < -0.3 is 10.3 Å². The van der Waals surface area contributed by atoms with Crippen molar-refractivity contribution in [2.75, 3.05) is 5.73 Å². The highest BCUT2D eigenvalue weighted by molar-refractivity contribution is 5.78. The molecule has 0 spiro atoms. The molecular formula is C10H10F3N3. The van der Waals surface area contributed by atoms with E-state index in [4.69, 9.17) is 5.73 Å². The number of halogens is 3. The highest BCUT2D eigenvalue weighted by Gasteiger charge is 2.26. The summed E-state index contributed by atoms with van der Waals surface area (Å²) in [5, 5.41) is 0. The zero-order chi connectivity index (χ0) is 11.8. The summed E-state index contributed by atoms with van der Waals surface area (Å²) in [7, 11) is 0. The molecule has 0 saturated carbocycles. The number of nitrogens with two attached hydrogens (primary N) is 1. The molecule has 0 fully saturated rings. The van der Waals surface area contributed by atoms with Gasteiger partial charge in [-0.2, -0.15) is 13.2 Å².